The Balaban J connectivity index is 1.41. The second-order valence-electron chi connectivity index (χ2n) is 7.97. The van der Waals surface area contributed by atoms with E-state index in [-0.39, 0.29) is 17.9 Å². The molecule has 7 heteroatoms. The molecule has 0 aromatic heterocycles. The first-order valence-electron chi connectivity index (χ1n) is 11.1. The van der Waals surface area contributed by atoms with Crippen LogP contribution < -0.4 is 10.1 Å². The summed E-state index contributed by atoms with van der Waals surface area (Å²) < 4.78 is 10.2. The van der Waals surface area contributed by atoms with E-state index in [0.29, 0.717) is 18.7 Å². The Kier molecular flexibility index (Phi) is 8.64. The number of carbonyl (C=O) groups is 2. The Hall–Kier alpha value is -2.90. The average molecular weight is 440 g/mol. The van der Waals surface area contributed by atoms with Gasteiger partial charge in [0.15, 0.2) is 0 Å². The van der Waals surface area contributed by atoms with Crippen LogP contribution in [0.2, 0.25) is 0 Å². The molecule has 0 spiro atoms. The quantitative estimate of drug-likeness (QED) is 0.606. The fraction of sp³-hybridized carbons (Fsp3) is 0.440. The zero-order chi connectivity index (χ0) is 22.9. The molecule has 1 aliphatic rings. The average Bonchev–Trinajstić information content (AvgIpc) is 2.83. The van der Waals surface area contributed by atoms with Gasteiger partial charge >= 0.3 is 5.97 Å². The van der Waals surface area contributed by atoms with Crippen molar-refractivity contribution in [2.75, 3.05) is 39.9 Å². The molecule has 0 bridgehead atoms. The monoisotopic (exact) mass is 439 g/mol. The summed E-state index contributed by atoms with van der Waals surface area (Å²) in [4.78, 5) is 28.8. The van der Waals surface area contributed by atoms with Gasteiger partial charge in [-0.1, -0.05) is 24.3 Å². The predicted octanol–water partition coefficient (Wildman–Crippen LogP) is 2.69. The maximum atomic E-state index is 12.6. The SMILES string of the molecule is CCOc1ccc(CN2CCN(C(C)C(=O)NCc3ccc(C(=O)OC)cc3)CC2)cc1. The molecule has 32 heavy (non-hydrogen) atoms. The van der Waals surface area contributed by atoms with Crippen molar-refractivity contribution in [1.82, 2.24) is 15.1 Å². The number of hydrogen-bond donors (Lipinski definition) is 1. The summed E-state index contributed by atoms with van der Waals surface area (Å²) in [7, 11) is 1.36. The number of amides is 1. The van der Waals surface area contributed by atoms with Crippen LogP contribution in [-0.2, 0) is 22.6 Å². The van der Waals surface area contributed by atoms with Crippen LogP contribution >= 0.6 is 0 Å². The fourth-order valence-electron chi connectivity index (χ4n) is 3.80. The van der Waals surface area contributed by atoms with Gasteiger partial charge in [0.25, 0.3) is 0 Å². The van der Waals surface area contributed by atoms with Crippen LogP contribution in [0.5, 0.6) is 5.75 Å². The summed E-state index contributed by atoms with van der Waals surface area (Å²) in [6, 6.07) is 15.2. The molecule has 1 heterocycles. The first-order chi connectivity index (χ1) is 15.5. The second kappa shape index (κ2) is 11.6. The molecule has 2 aromatic carbocycles. The van der Waals surface area contributed by atoms with Gasteiger partial charge < -0.3 is 14.8 Å². The zero-order valence-electron chi connectivity index (χ0n) is 19.2. The van der Waals surface area contributed by atoms with E-state index in [1.807, 2.05) is 38.1 Å². The van der Waals surface area contributed by atoms with Gasteiger partial charge in [-0.05, 0) is 49.2 Å². The summed E-state index contributed by atoms with van der Waals surface area (Å²) in [6.07, 6.45) is 0. The van der Waals surface area contributed by atoms with Crippen LogP contribution in [0.15, 0.2) is 48.5 Å². The van der Waals surface area contributed by atoms with Crippen LogP contribution in [-0.4, -0.2) is 67.6 Å². The van der Waals surface area contributed by atoms with Crippen LogP contribution in [0.25, 0.3) is 0 Å². The minimum absolute atomic E-state index is 0.0157. The molecule has 172 valence electrons. The lowest BCUT2D eigenvalue weighted by molar-refractivity contribution is -0.126. The lowest BCUT2D eigenvalue weighted by atomic mass is 10.1. The van der Waals surface area contributed by atoms with Crippen molar-refractivity contribution in [1.29, 1.82) is 0 Å². The smallest absolute Gasteiger partial charge is 0.337 e. The summed E-state index contributed by atoms with van der Waals surface area (Å²) in [5.41, 5.74) is 2.71. The molecule has 0 radical (unpaired) electrons. The third-order valence-corrected chi connectivity index (χ3v) is 5.82. The molecule has 1 saturated heterocycles. The molecular formula is C25H33N3O4. The summed E-state index contributed by atoms with van der Waals surface area (Å²) in [5, 5.41) is 3.00. The van der Waals surface area contributed by atoms with E-state index in [9.17, 15) is 9.59 Å². The van der Waals surface area contributed by atoms with Crippen LogP contribution in [0, 0.1) is 0 Å². The maximum Gasteiger partial charge on any atom is 0.337 e. The van der Waals surface area contributed by atoms with Gasteiger partial charge in [0.05, 0.1) is 25.3 Å². The van der Waals surface area contributed by atoms with Crippen molar-refractivity contribution in [2.45, 2.75) is 33.0 Å². The van der Waals surface area contributed by atoms with Crippen molar-refractivity contribution in [2.24, 2.45) is 0 Å². The van der Waals surface area contributed by atoms with E-state index < -0.39 is 0 Å². The number of hydrogen-bond acceptors (Lipinski definition) is 6. The molecule has 1 unspecified atom stereocenters. The van der Waals surface area contributed by atoms with Gasteiger partial charge in [-0.15, -0.1) is 0 Å². The van der Waals surface area contributed by atoms with Gasteiger partial charge in [-0.3, -0.25) is 14.6 Å². The summed E-state index contributed by atoms with van der Waals surface area (Å²) >= 11 is 0. The Labute approximate surface area is 190 Å². The maximum absolute atomic E-state index is 12.6. The topological polar surface area (TPSA) is 71.1 Å². The molecule has 1 amide bonds. The molecular weight excluding hydrogens is 406 g/mol. The van der Waals surface area contributed by atoms with Crippen molar-refractivity contribution in [3.8, 4) is 5.75 Å². The fourth-order valence-corrected chi connectivity index (χ4v) is 3.80. The number of benzene rings is 2. The molecule has 0 aliphatic carbocycles. The molecule has 7 nitrogen and oxygen atoms in total. The van der Waals surface area contributed by atoms with Crippen LogP contribution in [0.1, 0.15) is 35.3 Å². The number of nitrogens with zero attached hydrogens (tertiary/aromatic N) is 2. The summed E-state index contributed by atoms with van der Waals surface area (Å²) in [5.74, 6) is 0.554. The number of rotatable bonds is 9. The van der Waals surface area contributed by atoms with E-state index in [1.165, 1.54) is 12.7 Å². The number of nitrogens with one attached hydrogen (secondary N) is 1. The zero-order valence-corrected chi connectivity index (χ0v) is 19.2. The minimum atomic E-state index is -0.365. The van der Waals surface area contributed by atoms with Gasteiger partial charge in [0.2, 0.25) is 5.91 Å². The van der Waals surface area contributed by atoms with E-state index in [4.69, 9.17) is 9.47 Å². The first kappa shape index (κ1) is 23.8. The first-order valence-corrected chi connectivity index (χ1v) is 11.1. The van der Waals surface area contributed by atoms with Crippen molar-refractivity contribution >= 4 is 11.9 Å². The third-order valence-electron chi connectivity index (χ3n) is 5.82. The highest BCUT2D eigenvalue weighted by Gasteiger charge is 2.25. The van der Waals surface area contributed by atoms with E-state index in [2.05, 4.69) is 27.2 Å². The Morgan fingerprint density at radius 1 is 0.969 bits per heavy atom. The highest BCUT2D eigenvalue weighted by atomic mass is 16.5. The minimum Gasteiger partial charge on any atom is -0.494 e. The second-order valence-corrected chi connectivity index (χ2v) is 7.97. The molecule has 1 fully saturated rings. The number of methoxy groups -OCH3 is 1. The molecule has 1 N–H and O–H groups in total. The van der Waals surface area contributed by atoms with E-state index in [0.717, 1.165) is 44.0 Å². The van der Waals surface area contributed by atoms with Crippen LogP contribution in [0.4, 0.5) is 0 Å². The highest BCUT2D eigenvalue weighted by molar-refractivity contribution is 5.89. The number of carbonyl (C=O) groups excluding carboxylic acids is 2. The Morgan fingerprint density at radius 2 is 1.59 bits per heavy atom. The molecule has 2 aromatic rings. The van der Waals surface area contributed by atoms with Crippen molar-refractivity contribution < 1.29 is 19.1 Å². The molecule has 1 atom stereocenters. The van der Waals surface area contributed by atoms with Gasteiger partial charge in [-0.2, -0.15) is 0 Å². The normalized spacial score (nSPS) is 15.7. The Bertz CT molecular complexity index is 875. The van der Waals surface area contributed by atoms with Crippen molar-refractivity contribution in [3.63, 3.8) is 0 Å². The van der Waals surface area contributed by atoms with Crippen molar-refractivity contribution in [3.05, 3.63) is 65.2 Å². The van der Waals surface area contributed by atoms with Crippen LogP contribution in [0.3, 0.4) is 0 Å². The van der Waals surface area contributed by atoms with Gasteiger partial charge in [0.1, 0.15) is 5.75 Å². The van der Waals surface area contributed by atoms with E-state index >= 15 is 0 Å². The number of piperazine rings is 1. The lowest BCUT2D eigenvalue weighted by Crippen LogP contribution is -2.53. The highest BCUT2D eigenvalue weighted by Crippen LogP contribution is 2.15. The number of ether oxygens (including phenoxy) is 2. The van der Waals surface area contributed by atoms with Gasteiger partial charge in [-0.25, -0.2) is 4.79 Å². The standard InChI is InChI=1S/C25H33N3O4/c1-4-32-23-11-7-21(8-12-23)18-27-13-15-28(16-14-27)19(2)24(29)26-17-20-5-9-22(10-6-20)25(30)31-3/h5-12,19H,4,13-18H2,1-3H3,(H,26,29). The largest absolute Gasteiger partial charge is 0.494 e. The third kappa shape index (κ3) is 6.55. The molecule has 0 saturated carbocycles. The molecule has 1 aliphatic heterocycles. The summed E-state index contributed by atoms with van der Waals surface area (Å²) in [6.45, 7) is 9.54. The van der Waals surface area contributed by atoms with E-state index in [1.54, 1.807) is 12.1 Å². The lowest BCUT2D eigenvalue weighted by Gasteiger charge is -2.37. The predicted molar refractivity (Wildman–Crippen MR) is 124 cm³/mol. The number of esters is 1. The molecule has 3 rings (SSSR count). The Morgan fingerprint density at radius 3 is 2.19 bits per heavy atom. The van der Waals surface area contributed by atoms with Gasteiger partial charge in [0, 0.05) is 39.3 Å².